The smallest absolute Gasteiger partial charge is 0.269 e. The Morgan fingerprint density at radius 1 is 1.00 bits per heavy atom. The minimum Gasteiger partial charge on any atom is -0.394 e. The van der Waals surface area contributed by atoms with Crippen LogP contribution < -0.4 is 9.91 Å². The molecule has 2 N–H and O–H groups in total. The zero-order valence-electron chi connectivity index (χ0n) is 29.2. The number of nitro benzene ring substituents is 1. The maximum atomic E-state index is 14.2. The molecule has 0 saturated carbocycles. The van der Waals surface area contributed by atoms with Crippen molar-refractivity contribution in [1.82, 2.24) is 4.90 Å². The fourth-order valence-electron chi connectivity index (χ4n) is 7.39. The van der Waals surface area contributed by atoms with E-state index in [4.69, 9.17) is 0 Å². The lowest BCUT2D eigenvalue weighted by Gasteiger charge is -2.36. The number of nitro groups is 1. The van der Waals surface area contributed by atoms with E-state index >= 15 is 0 Å². The van der Waals surface area contributed by atoms with Crippen molar-refractivity contribution in [3.05, 3.63) is 147 Å². The van der Waals surface area contributed by atoms with Crippen LogP contribution in [0.4, 0.5) is 17.1 Å². The molecule has 0 bridgehead atoms. The van der Waals surface area contributed by atoms with Crippen LogP contribution in [-0.2, 0) is 39.5 Å². The number of amides is 3. The van der Waals surface area contributed by atoms with Crippen LogP contribution in [0.15, 0.2) is 114 Å². The third-order valence-corrected chi connectivity index (χ3v) is 10.4. The van der Waals surface area contributed by atoms with Gasteiger partial charge in [-0.25, -0.2) is 5.01 Å². The number of anilines is 2. The Balaban J connectivity index is 1.10. The van der Waals surface area contributed by atoms with Gasteiger partial charge in [0.25, 0.3) is 11.6 Å². The summed E-state index contributed by atoms with van der Waals surface area (Å²) in [6.45, 7) is 1.87. The summed E-state index contributed by atoms with van der Waals surface area (Å²) >= 11 is 0. The molecular weight excluding hydrogens is 674 g/mol. The van der Waals surface area contributed by atoms with Crippen LogP contribution in [-0.4, -0.2) is 56.1 Å². The molecule has 3 atom stereocenters. The Morgan fingerprint density at radius 2 is 1.72 bits per heavy atom. The summed E-state index contributed by atoms with van der Waals surface area (Å²) < 4.78 is 0. The first kappa shape index (κ1) is 35.4. The van der Waals surface area contributed by atoms with Gasteiger partial charge in [-0.3, -0.25) is 24.5 Å². The van der Waals surface area contributed by atoms with Crippen LogP contribution >= 0.6 is 0 Å². The van der Waals surface area contributed by atoms with Gasteiger partial charge in [-0.05, 0) is 46.9 Å². The lowest BCUT2D eigenvalue weighted by Crippen LogP contribution is -2.46. The van der Waals surface area contributed by atoms with E-state index in [1.54, 1.807) is 48.2 Å². The van der Waals surface area contributed by atoms with Gasteiger partial charge in [-0.1, -0.05) is 85.8 Å². The number of fused-ring (bicyclic) bond motifs is 2. The second-order valence-corrected chi connectivity index (χ2v) is 13.7. The first-order valence-corrected chi connectivity index (χ1v) is 17.6. The number of hydrogen-bond donors (Lipinski definition) is 2. The summed E-state index contributed by atoms with van der Waals surface area (Å²) in [5.74, 6) is -1.86. The van der Waals surface area contributed by atoms with Crippen molar-refractivity contribution >= 4 is 40.5 Å². The molecule has 3 amide bonds. The van der Waals surface area contributed by atoms with Crippen molar-refractivity contribution in [3.63, 3.8) is 0 Å². The van der Waals surface area contributed by atoms with Gasteiger partial charge in [0.05, 0.1) is 41.2 Å². The Labute approximate surface area is 306 Å². The molecule has 0 saturated heterocycles. The van der Waals surface area contributed by atoms with E-state index in [2.05, 4.69) is 5.10 Å². The zero-order chi connectivity index (χ0) is 37.3. The molecule has 3 aliphatic heterocycles. The van der Waals surface area contributed by atoms with E-state index in [0.717, 1.165) is 22.4 Å². The molecule has 0 radical (unpaired) electrons. The number of non-ortho nitro benzene ring substituents is 1. The van der Waals surface area contributed by atoms with Gasteiger partial charge < -0.3 is 20.0 Å². The van der Waals surface area contributed by atoms with Gasteiger partial charge in [0.1, 0.15) is 0 Å². The molecule has 270 valence electrons. The molecule has 0 spiro atoms. The highest BCUT2D eigenvalue weighted by atomic mass is 16.6. The molecule has 3 aliphatic rings. The summed E-state index contributed by atoms with van der Waals surface area (Å²) in [6.07, 6.45) is 4.55. The molecule has 0 unspecified atom stereocenters. The highest BCUT2D eigenvalue weighted by Gasteiger charge is 2.53. The second kappa shape index (κ2) is 14.6. The maximum Gasteiger partial charge on any atom is 0.269 e. The van der Waals surface area contributed by atoms with Gasteiger partial charge >= 0.3 is 0 Å². The average Bonchev–Trinajstić information content (AvgIpc) is 3.40. The first-order valence-electron chi connectivity index (χ1n) is 17.6. The molecule has 3 heterocycles. The molecule has 12 nitrogen and oxygen atoms in total. The average molecular weight is 714 g/mol. The maximum absolute atomic E-state index is 14.2. The van der Waals surface area contributed by atoms with Crippen LogP contribution in [0.3, 0.4) is 0 Å². The topological polar surface area (TPSA) is 157 Å². The highest BCUT2D eigenvalue weighted by Crippen LogP contribution is 2.47. The van der Waals surface area contributed by atoms with E-state index in [1.807, 2.05) is 54.6 Å². The molecule has 0 aliphatic carbocycles. The third-order valence-electron chi connectivity index (χ3n) is 10.4. The molecule has 53 heavy (non-hydrogen) atoms. The monoisotopic (exact) mass is 713 g/mol. The van der Waals surface area contributed by atoms with Gasteiger partial charge in [0.2, 0.25) is 11.8 Å². The van der Waals surface area contributed by atoms with Crippen molar-refractivity contribution in [3.8, 4) is 0 Å². The number of hydrazone groups is 1. The lowest BCUT2D eigenvalue weighted by molar-refractivity contribution is -0.385. The number of aliphatic hydroxyl groups excluding tert-OH is 1. The third kappa shape index (κ3) is 6.74. The van der Waals surface area contributed by atoms with Crippen LogP contribution in [0.2, 0.25) is 0 Å². The molecule has 12 heteroatoms. The van der Waals surface area contributed by atoms with E-state index in [-0.39, 0.29) is 48.7 Å². The summed E-state index contributed by atoms with van der Waals surface area (Å²) in [5, 5.41) is 39.9. The second-order valence-electron chi connectivity index (χ2n) is 13.7. The Kier molecular flexibility index (Phi) is 9.74. The fraction of sp³-hybridized carbons (Fsp3) is 0.268. The van der Waals surface area contributed by atoms with Crippen LogP contribution in [0, 0.1) is 16.0 Å². The molecule has 0 fully saturated rings. The molecular formula is C41H39N5O7. The van der Waals surface area contributed by atoms with Gasteiger partial charge in [0, 0.05) is 49.4 Å². The van der Waals surface area contributed by atoms with E-state index in [1.165, 1.54) is 28.1 Å². The standard InChI is InChI=1S/C41H39N5O7/c1-27(8-7-13-38(48)43-25-31-12-6-5-11-30(31)22-34(43)26-47)41(51)35-23-33(46(52)53)18-20-37(35)44(40(41)50)24-28-14-16-32(17-15-28)45-39(49)21-19-36(42-45)29-9-3-2-4-10-29/h2-12,14-18,20,23,27,34,47,51H,13,19,21-22,24-26H2,1H3/b8-7+/t27-,34+,41+/m1/s1. The Bertz CT molecular complexity index is 2130. The molecule has 4 aromatic carbocycles. The summed E-state index contributed by atoms with van der Waals surface area (Å²) in [7, 11) is 0. The first-order chi connectivity index (χ1) is 25.6. The van der Waals surface area contributed by atoms with E-state index < -0.39 is 22.3 Å². The van der Waals surface area contributed by atoms with Gasteiger partial charge in [0.15, 0.2) is 5.60 Å². The number of benzene rings is 4. The van der Waals surface area contributed by atoms with Crippen molar-refractivity contribution in [2.75, 3.05) is 16.5 Å². The van der Waals surface area contributed by atoms with E-state index in [9.17, 15) is 34.7 Å². The summed E-state index contributed by atoms with van der Waals surface area (Å²) in [5.41, 5.74) is 3.15. The highest BCUT2D eigenvalue weighted by molar-refractivity contribution is 6.09. The SMILES string of the molecule is C[C@H](/C=C/CC(=O)N1Cc2ccccc2C[C@H]1CO)[C@@]1(O)C(=O)N(Cc2ccc(N3N=C(c4ccccc4)CCC3=O)cc2)c2ccc([N+](=O)[O-])cc21. The fourth-order valence-corrected chi connectivity index (χ4v) is 7.39. The number of carbonyl (C=O) groups excluding carboxylic acids is 3. The number of carbonyl (C=O) groups is 3. The molecule has 7 rings (SSSR count). The van der Waals surface area contributed by atoms with Gasteiger partial charge in [-0.2, -0.15) is 5.10 Å². The van der Waals surface area contributed by atoms with Crippen LogP contribution in [0.25, 0.3) is 0 Å². The van der Waals surface area contributed by atoms with Crippen molar-refractivity contribution < 1.29 is 29.5 Å². The number of rotatable bonds is 10. The number of hydrogen-bond acceptors (Lipinski definition) is 8. The predicted octanol–water partition coefficient (Wildman–Crippen LogP) is 5.39. The van der Waals surface area contributed by atoms with E-state index in [0.29, 0.717) is 42.7 Å². The predicted molar refractivity (Wildman–Crippen MR) is 199 cm³/mol. The van der Waals surface area contributed by atoms with Crippen molar-refractivity contribution in [2.24, 2.45) is 11.0 Å². The Hall–Kier alpha value is -5.98. The Morgan fingerprint density at radius 3 is 2.43 bits per heavy atom. The minimum absolute atomic E-state index is 0.0262. The minimum atomic E-state index is -2.15. The van der Waals surface area contributed by atoms with Gasteiger partial charge in [-0.15, -0.1) is 0 Å². The molecule has 0 aromatic heterocycles. The normalized spacial score (nSPS) is 20.3. The summed E-state index contributed by atoms with van der Waals surface area (Å²) in [6, 6.07) is 28.2. The molecule has 4 aromatic rings. The van der Waals surface area contributed by atoms with Crippen molar-refractivity contribution in [1.29, 1.82) is 0 Å². The quantitative estimate of drug-likeness (QED) is 0.127. The van der Waals surface area contributed by atoms with Crippen molar-refractivity contribution in [2.45, 2.75) is 57.3 Å². The lowest BCUT2D eigenvalue weighted by atomic mass is 9.82. The summed E-state index contributed by atoms with van der Waals surface area (Å²) in [4.78, 5) is 54.6. The number of aliphatic hydroxyl groups is 2. The largest absolute Gasteiger partial charge is 0.394 e. The zero-order valence-corrected chi connectivity index (χ0v) is 29.2. The van der Waals surface area contributed by atoms with Crippen LogP contribution in [0.5, 0.6) is 0 Å². The van der Waals surface area contributed by atoms with Crippen LogP contribution in [0.1, 0.15) is 54.0 Å². The number of nitrogens with zero attached hydrogens (tertiary/aromatic N) is 5.